The van der Waals surface area contributed by atoms with Gasteiger partial charge in [-0.25, -0.2) is 0 Å². The molecule has 1 aromatic rings. The molecule has 2 atom stereocenters. The Morgan fingerprint density at radius 1 is 1.09 bits per heavy atom. The predicted octanol–water partition coefficient (Wildman–Crippen LogP) is 5.32. The third-order valence-corrected chi connectivity index (χ3v) is 7.46. The summed E-state index contributed by atoms with van der Waals surface area (Å²) in [5.74, 6) is 0.460. The van der Waals surface area contributed by atoms with Crippen LogP contribution in [0, 0.1) is 16.7 Å². The first-order valence-corrected chi connectivity index (χ1v) is 12.7. The maximum absolute atomic E-state index is 13.6. The van der Waals surface area contributed by atoms with Crippen LogP contribution in [0.1, 0.15) is 73.8 Å². The van der Waals surface area contributed by atoms with Crippen LogP contribution in [0.4, 0.5) is 0 Å². The fourth-order valence-corrected chi connectivity index (χ4v) is 6.51. The number of ether oxygens (including phenoxy) is 2. The van der Waals surface area contributed by atoms with E-state index < -0.39 is 32.3 Å². The number of rotatable bonds is 5. The van der Waals surface area contributed by atoms with Crippen molar-refractivity contribution in [2.75, 3.05) is 5.75 Å². The van der Waals surface area contributed by atoms with Gasteiger partial charge < -0.3 is 9.47 Å². The highest BCUT2D eigenvalue weighted by molar-refractivity contribution is 7.85. The fourth-order valence-electron chi connectivity index (χ4n) is 5.24. The highest BCUT2D eigenvalue weighted by Gasteiger charge is 2.67. The molecule has 7 heteroatoms. The SMILES string of the molecule is CC(C)(C)Oc1ccc(OC(C)(C)C)c(C=C2C(=O)C3(CS(=O)(=O)O)CCC2C3(C)C)c1. The number of benzene rings is 1. The van der Waals surface area contributed by atoms with Gasteiger partial charge in [0.05, 0.1) is 11.2 Å². The number of ketones is 1. The second kappa shape index (κ2) is 7.59. The van der Waals surface area contributed by atoms with Crippen LogP contribution < -0.4 is 9.47 Å². The van der Waals surface area contributed by atoms with Crippen molar-refractivity contribution >= 4 is 22.0 Å². The van der Waals surface area contributed by atoms with Crippen LogP contribution in [0.2, 0.25) is 0 Å². The average molecular weight is 465 g/mol. The summed E-state index contributed by atoms with van der Waals surface area (Å²) in [6.45, 7) is 15.6. The lowest BCUT2D eigenvalue weighted by molar-refractivity contribution is -0.125. The molecule has 2 saturated carbocycles. The molecule has 2 fully saturated rings. The van der Waals surface area contributed by atoms with Gasteiger partial charge in [0.1, 0.15) is 22.7 Å². The Morgan fingerprint density at radius 3 is 2.22 bits per heavy atom. The van der Waals surface area contributed by atoms with Crippen molar-refractivity contribution in [2.24, 2.45) is 16.7 Å². The van der Waals surface area contributed by atoms with Gasteiger partial charge in [-0.1, -0.05) is 13.8 Å². The smallest absolute Gasteiger partial charge is 0.265 e. The minimum Gasteiger partial charge on any atom is -0.488 e. The van der Waals surface area contributed by atoms with Crippen LogP contribution in [0.15, 0.2) is 23.8 Å². The Balaban J connectivity index is 2.12. The summed E-state index contributed by atoms with van der Waals surface area (Å²) in [5, 5.41) is 0. The van der Waals surface area contributed by atoms with Gasteiger partial charge >= 0.3 is 0 Å². The third-order valence-electron chi connectivity index (χ3n) is 6.60. The van der Waals surface area contributed by atoms with E-state index in [1.165, 1.54) is 0 Å². The summed E-state index contributed by atoms with van der Waals surface area (Å²) in [7, 11) is -4.30. The van der Waals surface area contributed by atoms with Gasteiger partial charge in [-0.3, -0.25) is 9.35 Å². The van der Waals surface area contributed by atoms with Crippen molar-refractivity contribution in [3.63, 3.8) is 0 Å². The van der Waals surface area contributed by atoms with Crippen molar-refractivity contribution < 1.29 is 27.2 Å². The first kappa shape index (κ1) is 24.8. The molecule has 0 saturated heterocycles. The Morgan fingerprint density at radius 2 is 1.69 bits per heavy atom. The Hall–Kier alpha value is -1.86. The molecule has 0 aromatic heterocycles. The highest BCUT2D eigenvalue weighted by atomic mass is 32.2. The molecule has 0 aliphatic heterocycles. The normalized spacial score (nSPS) is 26.6. The molecule has 3 rings (SSSR count). The van der Waals surface area contributed by atoms with E-state index in [4.69, 9.17) is 9.47 Å². The molecule has 0 spiro atoms. The monoisotopic (exact) mass is 464 g/mol. The van der Waals surface area contributed by atoms with E-state index in [0.29, 0.717) is 29.9 Å². The quantitative estimate of drug-likeness (QED) is 0.469. The van der Waals surface area contributed by atoms with E-state index in [0.717, 1.165) is 5.56 Å². The molecule has 6 nitrogen and oxygen atoms in total. The molecule has 1 aromatic carbocycles. The summed E-state index contributed by atoms with van der Waals surface area (Å²) in [6.07, 6.45) is 2.99. The molecule has 178 valence electrons. The van der Waals surface area contributed by atoms with E-state index in [2.05, 4.69) is 0 Å². The van der Waals surface area contributed by atoms with Gasteiger partial charge in [-0.05, 0) is 90.0 Å². The van der Waals surface area contributed by atoms with Crippen LogP contribution in [0.5, 0.6) is 11.5 Å². The fraction of sp³-hybridized carbons (Fsp3) is 0.640. The van der Waals surface area contributed by atoms with E-state index in [9.17, 15) is 17.8 Å². The van der Waals surface area contributed by atoms with E-state index in [-0.39, 0.29) is 17.3 Å². The van der Waals surface area contributed by atoms with Crippen molar-refractivity contribution in [3.05, 3.63) is 29.3 Å². The maximum atomic E-state index is 13.6. The largest absolute Gasteiger partial charge is 0.488 e. The highest BCUT2D eigenvalue weighted by Crippen LogP contribution is 2.66. The number of fused-ring (bicyclic) bond motifs is 2. The molecule has 0 radical (unpaired) electrons. The van der Waals surface area contributed by atoms with Crippen LogP contribution >= 0.6 is 0 Å². The zero-order chi connectivity index (χ0) is 24.3. The predicted molar refractivity (Wildman–Crippen MR) is 126 cm³/mol. The summed E-state index contributed by atoms with van der Waals surface area (Å²) >= 11 is 0. The van der Waals surface area contributed by atoms with Crippen LogP contribution in [-0.2, 0) is 14.9 Å². The average Bonchev–Trinajstić information content (AvgIpc) is 2.88. The van der Waals surface area contributed by atoms with Crippen LogP contribution in [0.25, 0.3) is 6.08 Å². The Kier molecular flexibility index (Phi) is 5.88. The van der Waals surface area contributed by atoms with Gasteiger partial charge in [-0.15, -0.1) is 0 Å². The first-order chi connectivity index (χ1) is 14.3. The zero-order valence-electron chi connectivity index (χ0n) is 20.4. The lowest BCUT2D eigenvalue weighted by atomic mass is 9.70. The lowest BCUT2D eigenvalue weighted by Gasteiger charge is -2.34. The molecule has 2 unspecified atom stereocenters. The van der Waals surface area contributed by atoms with Crippen molar-refractivity contribution in [1.29, 1.82) is 0 Å². The van der Waals surface area contributed by atoms with E-state index in [1.807, 2.05) is 79.7 Å². The van der Waals surface area contributed by atoms with E-state index in [1.54, 1.807) is 0 Å². The minimum absolute atomic E-state index is 0.0913. The number of carbonyl (C=O) groups excluding carboxylic acids is 1. The van der Waals surface area contributed by atoms with Crippen molar-refractivity contribution in [1.82, 2.24) is 0 Å². The number of hydrogen-bond acceptors (Lipinski definition) is 5. The second-order valence-corrected chi connectivity index (χ2v) is 13.1. The lowest BCUT2D eigenvalue weighted by Crippen LogP contribution is -2.42. The zero-order valence-corrected chi connectivity index (χ0v) is 21.2. The molecular formula is C25H36O6S. The van der Waals surface area contributed by atoms with Gasteiger partial charge in [0, 0.05) is 11.1 Å². The number of carbonyl (C=O) groups is 1. The summed E-state index contributed by atoms with van der Waals surface area (Å²) in [6, 6.07) is 5.55. The van der Waals surface area contributed by atoms with Crippen LogP contribution in [-0.4, -0.2) is 35.7 Å². The van der Waals surface area contributed by atoms with Crippen molar-refractivity contribution in [2.45, 2.75) is 79.4 Å². The summed E-state index contributed by atoms with van der Waals surface area (Å²) in [5.41, 5.74) is -1.20. The molecular weight excluding hydrogens is 428 g/mol. The maximum Gasteiger partial charge on any atom is 0.265 e. The number of allylic oxidation sites excluding steroid dienone is 1. The summed E-state index contributed by atoms with van der Waals surface area (Å²) < 4.78 is 45.4. The standard InChI is InChI=1S/C25H36O6S/c1-22(2,3)30-17-9-10-20(31-23(4,5)6)16(13-17)14-18-19-11-12-25(21(18)26,24(19,7)8)15-32(27,28)29/h9-10,13-14,19H,11-12,15H2,1-8H3,(H,27,28,29). The van der Waals surface area contributed by atoms with Crippen molar-refractivity contribution in [3.8, 4) is 11.5 Å². The topological polar surface area (TPSA) is 89.9 Å². The van der Waals surface area contributed by atoms with E-state index >= 15 is 0 Å². The molecule has 0 heterocycles. The number of Topliss-reactive ketones (excluding diaryl/α,β-unsaturated/α-hetero) is 1. The molecule has 2 aliphatic carbocycles. The minimum atomic E-state index is -4.30. The Bertz CT molecular complexity index is 1050. The van der Waals surface area contributed by atoms with Crippen LogP contribution in [0.3, 0.4) is 0 Å². The third kappa shape index (κ3) is 4.74. The Labute approximate surface area is 192 Å². The molecule has 0 amide bonds. The number of hydrogen-bond donors (Lipinski definition) is 1. The molecule has 2 bridgehead atoms. The molecule has 2 aliphatic rings. The first-order valence-electron chi connectivity index (χ1n) is 11.1. The molecule has 32 heavy (non-hydrogen) atoms. The van der Waals surface area contributed by atoms with Gasteiger partial charge in [0.2, 0.25) is 0 Å². The second-order valence-electron chi connectivity index (χ2n) is 11.7. The molecule has 1 N–H and O–H groups in total. The summed E-state index contributed by atoms with van der Waals surface area (Å²) in [4.78, 5) is 13.6. The van der Waals surface area contributed by atoms with Gasteiger partial charge in [0.25, 0.3) is 10.1 Å². The van der Waals surface area contributed by atoms with Gasteiger partial charge in [0.15, 0.2) is 5.78 Å². The van der Waals surface area contributed by atoms with Gasteiger partial charge in [-0.2, -0.15) is 8.42 Å².